The smallest absolute Gasteiger partial charge is 0.220 e. The molecule has 0 aliphatic heterocycles. The Morgan fingerprint density at radius 2 is 2.17 bits per heavy atom. The summed E-state index contributed by atoms with van der Waals surface area (Å²) in [5.41, 5.74) is 5.69. The first kappa shape index (κ1) is 15.5. The van der Waals surface area contributed by atoms with Gasteiger partial charge in [0.15, 0.2) is 0 Å². The molecule has 18 heavy (non-hydrogen) atoms. The summed E-state index contributed by atoms with van der Waals surface area (Å²) < 4.78 is 0. The van der Waals surface area contributed by atoms with Gasteiger partial charge in [-0.1, -0.05) is 18.9 Å². The van der Waals surface area contributed by atoms with Gasteiger partial charge in [-0.05, 0) is 30.7 Å². The fourth-order valence-electron chi connectivity index (χ4n) is 2.48. The number of aryl methyl sites for hydroxylation is 1. The number of nitrogens with two attached hydrogens (primary N) is 1. The van der Waals surface area contributed by atoms with Crippen LogP contribution in [0.4, 0.5) is 0 Å². The molecule has 0 unspecified atom stereocenters. The van der Waals surface area contributed by atoms with Crippen LogP contribution in [0.2, 0.25) is 0 Å². The standard InChI is InChI=1S/C13H20N2OS.ClH/c14-10-13(7-1-2-8-13)15-12(16)6-5-11-4-3-9-17-11;/h3-4,9H,1-2,5-8,10,14H2,(H,15,16);1H. The van der Waals surface area contributed by atoms with E-state index < -0.39 is 0 Å². The average molecular weight is 289 g/mol. The van der Waals surface area contributed by atoms with Crippen LogP contribution in [0.25, 0.3) is 0 Å². The lowest BCUT2D eigenvalue weighted by molar-refractivity contribution is -0.122. The van der Waals surface area contributed by atoms with Crippen LogP contribution in [0.3, 0.4) is 0 Å². The van der Waals surface area contributed by atoms with Crippen molar-refractivity contribution in [3.8, 4) is 0 Å². The lowest BCUT2D eigenvalue weighted by Gasteiger charge is -2.28. The molecule has 3 N–H and O–H groups in total. The summed E-state index contributed by atoms with van der Waals surface area (Å²) >= 11 is 1.71. The molecule has 1 aliphatic carbocycles. The fraction of sp³-hybridized carbons (Fsp3) is 0.615. The van der Waals surface area contributed by atoms with Crippen molar-refractivity contribution in [2.75, 3.05) is 6.54 Å². The molecule has 1 saturated carbocycles. The van der Waals surface area contributed by atoms with Crippen molar-refractivity contribution in [3.05, 3.63) is 22.4 Å². The minimum atomic E-state index is -0.105. The fourth-order valence-corrected chi connectivity index (χ4v) is 3.19. The number of hydrogen-bond acceptors (Lipinski definition) is 3. The van der Waals surface area contributed by atoms with Crippen molar-refractivity contribution in [2.24, 2.45) is 5.73 Å². The molecule has 0 aromatic carbocycles. The zero-order valence-electron chi connectivity index (χ0n) is 10.5. The monoisotopic (exact) mass is 288 g/mol. The van der Waals surface area contributed by atoms with Crippen LogP contribution in [0, 0.1) is 0 Å². The van der Waals surface area contributed by atoms with Crippen LogP contribution >= 0.6 is 23.7 Å². The molecule has 0 spiro atoms. The van der Waals surface area contributed by atoms with Gasteiger partial charge in [-0.15, -0.1) is 23.7 Å². The van der Waals surface area contributed by atoms with Crippen molar-refractivity contribution in [3.63, 3.8) is 0 Å². The number of hydrogen-bond donors (Lipinski definition) is 2. The van der Waals surface area contributed by atoms with Crippen LogP contribution in [-0.4, -0.2) is 18.0 Å². The molecule has 1 aromatic heterocycles. The molecule has 102 valence electrons. The topological polar surface area (TPSA) is 55.1 Å². The SMILES string of the molecule is Cl.NCC1(NC(=O)CCc2cccs2)CCCC1. The Labute approximate surface area is 119 Å². The van der Waals surface area contributed by atoms with Gasteiger partial charge in [0.1, 0.15) is 0 Å². The van der Waals surface area contributed by atoms with Crippen molar-refractivity contribution >= 4 is 29.7 Å². The van der Waals surface area contributed by atoms with E-state index in [0.29, 0.717) is 13.0 Å². The highest BCUT2D eigenvalue weighted by molar-refractivity contribution is 7.09. The molecule has 1 aromatic rings. The van der Waals surface area contributed by atoms with Gasteiger partial charge in [0.05, 0.1) is 5.54 Å². The Morgan fingerprint density at radius 1 is 1.44 bits per heavy atom. The molecule has 5 heteroatoms. The van der Waals surface area contributed by atoms with E-state index in [9.17, 15) is 4.79 Å². The van der Waals surface area contributed by atoms with Gasteiger partial charge in [0.25, 0.3) is 0 Å². The van der Waals surface area contributed by atoms with E-state index in [1.807, 2.05) is 11.4 Å². The number of rotatable bonds is 5. The van der Waals surface area contributed by atoms with E-state index in [1.54, 1.807) is 11.3 Å². The first-order valence-corrected chi connectivity index (χ1v) is 7.15. The zero-order chi connectivity index (χ0) is 12.1. The Kier molecular flexibility index (Phi) is 6.12. The first-order chi connectivity index (χ1) is 8.24. The van der Waals surface area contributed by atoms with Gasteiger partial charge in [-0.25, -0.2) is 0 Å². The van der Waals surface area contributed by atoms with Crippen LogP contribution in [0.5, 0.6) is 0 Å². The van der Waals surface area contributed by atoms with Crippen molar-refractivity contribution in [1.82, 2.24) is 5.32 Å². The van der Waals surface area contributed by atoms with Crippen LogP contribution in [0.15, 0.2) is 17.5 Å². The summed E-state index contributed by atoms with van der Waals surface area (Å²) in [6.45, 7) is 0.567. The number of halogens is 1. The normalized spacial score (nSPS) is 17.2. The van der Waals surface area contributed by atoms with E-state index in [0.717, 1.165) is 19.3 Å². The number of thiophene rings is 1. The molecule has 0 radical (unpaired) electrons. The summed E-state index contributed by atoms with van der Waals surface area (Å²) in [4.78, 5) is 13.2. The van der Waals surface area contributed by atoms with E-state index in [1.165, 1.54) is 17.7 Å². The molecule has 1 heterocycles. The highest BCUT2D eigenvalue weighted by Crippen LogP contribution is 2.28. The van der Waals surface area contributed by atoms with Crippen LogP contribution in [0.1, 0.15) is 37.0 Å². The molecule has 1 fully saturated rings. The number of nitrogens with one attached hydrogen (secondary N) is 1. The molecule has 3 nitrogen and oxygen atoms in total. The predicted octanol–water partition coefficient (Wildman–Crippen LogP) is 2.49. The molecule has 0 saturated heterocycles. The lowest BCUT2D eigenvalue weighted by atomic mass is 9.97. The summed E-state index contributed by atoms with van der Waals surface area (Å²) in [5.74, 6) is 0.144. The molecular formula is C13H21ClN2OS. The number of amides is 1. The van der Waals surface area contributed by atoms with Crippen LogP contribution < -0.4 is 11.1 Å². The number of carbonyl (C=O) groups excluding carboxylic acids is 1. The van der Waals surface area contributed by atoms with Gasteiger partial charge in [0.2, 0.25) is 5.91 Å². The van der Waals surface area contributed by atoms with Gasteiger partial charge < -0.3 is 11.1 Å². The maximum Gasteiger partial charge on any atom is 0.220 e. The maximum atomic E-state index is 11.9. The molecule has 2 rings (SSSR count). The minimum absolute atomic E-state index is 0. The quantitative estimate of drug-likeness (QED) is 0.875. The van der Waals surface area contributed by atoms with Gasteiger partial charge in [-0.2, -0.15) is 0 Å². The van der Waals surface area contributed by atoms with E-state index in [2.05, 4.69) is 11.4 Å². The predicted molar refractivity (Wildman–Crippen MR) is 78.3 cm³/mol. The lowest BCUT2D eigenvalue weighted by Crippen LogP contribution is -2.51. The second kappa shape index (κ2) is 7.12. The second-order valence-electron chi connectivity index (χ2n) is 4.82. The molecule has 1 aliphatic rings. The van der Waals surface area contributed by atoms with Gasteiger partial charge in [0, 0.05) is 17.8 Å². The molecule has 1 amide bonds. The van der Waals surface area contributed by atoms with Gasteiger partial charge in [-0.3, -0.25) is 4.79 Å². The Bertz CT molecular complexity index is 361. The Hall–Kier alpha value is -0.580. The largest absolute Gasteiger partial charge is 0.349 e. The van der Waals surface area contributed by atoms with E-state index in [-0.39, 0.29) is 23.9 Å². The highest BCUT2D eigenvalue weighted by atomic mass is 35.5. The van der Waals surface area contributed by atoms with Crippen molar-refractivity contribution in [1.29, 1.82) is 0 Å². The van der Waals surface area contributed by atoms with Crippen LogP contribution in [-0.2, 0) is 11.2 Å². The second-order valence-corrected chi connectivity index (χ2v) is 5.85. The Balaban J connectivity index is 0.00000162. The minimum Gasteiger partial charge on any atom is -0.349 e. The molecular weight excluding hydrogens is 268 g/mol. The average Bonchev–Trinajstić information content (AvgIpc) is 2.98. The summed E-state index contributed by atoms with van der Waals surface area (Å²) in [6.07, 6.45) is 5.85. The third kappa shape index (κ3) is 3.97. The van der Waals surface area contributed by atoms with E-state index in [4.69, 9.17) is 5.73 Å². The maximum absolute atomic E-state index is 11.9. The summed E-state index contributed by atoms with van der Waals surface area (Å²) in [7, 11) is 0. The highest BCUT2D eigenvalue weighted by Gasteiger charge is 2.33. The molecule has 0 bridgehead atoms. The number of carbonyl (C=O) groups is 1. The van der Waals surface area contributed by atoms with Crippen molar-refractivity contribution in [2.45, 2.75) is 44.1 Å². The summed E-state index contributed by atoms with van der Waals surface area (Å²) in [6, 6.07) is 4.10. The zero-order valence-corrected chi connectivity index (χ0v) is 12.1. The first-order valence-electron chi connectivity index (χ1n) is 6.28. The van der Waals surface area contributed by atoms with E-state index >= 15 is 0 Å². The third-order valence-electron chi connectivity index (χ3n) is 3.53. The van der Waals surface area contributed by atoms with Crippen molar-refractivity contribution < 1.29 is 4.79 Å². The third-order valence-corrected chi connectivity index (χ3v) is 4.47. The molecule has 0 atom stereocenters. The summed E-state index contributed by atoms with van der Waals surface area (Å²) in [5, 5.41) is 5.19. The van der Waals surface area contributed by atoms with Gasteiger partial charge >= 0.3 is 0 Å². The Morgan fingerprint density at radius 3 is 2.72 bits per heavy atom.